The number of ether oxygens (including phenoxy) is 2. The SMILES string of the molecule is O=C1C2Oc3ccccc3C(O)C2C(c2cccc(Oc3ccccc3)c2)N1CCCO. The minimum absolute atomic E-state index is 0.0212. The number of fused-ring (bicyclic) bond motifs is 2. The maximum Gasteiger partial charge on any atom is 0.264 e. The van der Waals surface area contributed by atoms with Gasteiger partial charge in [-0.2, -0.15) is 0 Å². The zero-order valence-electron chi connectivity index (χ0n) is 17.5. The molecule has 164 valence electrons. The molecule has 0 radical (unpaired) electrons. The van der Waals surface area contributed by atoms with Crippen molar-refractivity contribution in [3.05, 3.63) is 90.0 Å². The molecule has 4 unspecified atom stereocenters. The van der Waals surface area contributed by atoms with Gasteiger partial charge in [0.05, 0.1) is 18.1 Å². The summed E-state index contributed by atoms with van der Waals surface area (Å²) in [6, 6.07) is 24.0. The van der Waals surface area contributed by atoms with Crippen molar-refractivity contribution in [2.75, 3.05) is 13.2 Å². The van der Waals surface area contributed by atoms with Gasteiger partial charge in [-0.25, -0.2) is 0 Å². The van der Waals surface area contributed by atoms with Gasteiger partial charge in [-0.1, -0.05) is 48.5 Å². The summed E-state index contributed by atoms with van der Waals surface area (Å²) in [4.78, 5) is 15.1. The fourth-order valence-electron chi connectivity index (χ4n) is 4.76. The van der Waals surface area contributed by atoms with E-state index < -0.39 is 24.2 Å². The van der Waals surface area contributed by atoms with E-state index in [1.807, 2.05) is 72.8 Å². The van der Waals surface area contributed by atoms with Crippen LogP contribution in [0, 0.1) is 5.92 Å². The van der Waals surface area contributed by atoms with Gasteiger partial charge in [0.2, 0.25) is 0 Å². The topological polar surface area (TPSA) is 79.2 Å². The number of aliphatic hydroxyl groups excluding tert-OH is 2. The highest BCUT2D eigenvalue weighted by Gasteiger charge is 2.55. The van der Waals surface area contributed by atoms with E-state index >= 15 is 0 Å². The van der Waals surface area contributed by atoms with Crippen LogP contribution in [-0.2, 0) is 4.79 Å². The van der Waals surface area contributed by atoms with Gasteiger partial charge in [-0.05, 0) is 42.3 Å². The Labute approximate surface area is 186 Å². The standard InChI is InChI=1S/C26H25NO5/c28-15-7-14-27-23(17-8-6-11-19(16-17)31-18-9-2-1-3-10-18)22-24(29)20-12-4-5-13-21(20)32-25(22)26(27)30/h1-6,8-13,16,22-25,28-29H,7,14-15H2. The van der Waals surface area contributed by atoms with Crippen LogP contribution in [0.3, 0.4) is 0 Å². The first-order valence-electron chi connectivity index (χ1n) is 10.9. The lowest BCUT2D eigenvalue weighted by molar-refractivity contribution is -0.135. The summed E-state index contributed by atoms with van der Waals surface area (Å²) >= 11 is 0. The Morgan fingerprint density at radius 1 is 0.938 bits per heavy atom. The second kappa shape index (κ2) is 8.65. The molecule has 32 heavy (non-hydrogen) atoms. The van der Waals surface area contributed by atoms with Gasteiger partial charge in [0.25, 0.3) is 5.91 Å². The van der Waals surface area contributed by atoms with Gasteiger partial charge in [0, 0.05) is 18.7 Å². The molecule has 6 heteroatoms. The van der Waals surface area contributed by atoms with E-state index in [0.717, 1.165) is 11.3 Å². The molecule has 0 bridgehead atoms. The van der Waals surface area contributed by atoms with Crippen molar-refractivity contribution in [1.82, 2.24) is 4.90 Å². The maximum absolute atomic E-state index is 13.3. The molecule has 0 aliphatic carbocycles. The van der Waals surface area contributed by atoms with Crippen molar-refractivity contribution < 1.29 is 24.5 Å². The van der Waals surface area contributed by atoms with Crippen molar-refractivity contribution in [1.29, 1.82) is 0 Å². The van der Waals surface area contributed by atoms with E-state index in [1.165, 1.54) is 0 Å². The smallest absolute Gasteiger partial charge is 0.264 e. The third kappa shape index (κ3) is 3.61. The van der Waals surface area contributed by atoms with Crippen LogP contribution in [0.1, 0.15) is 29.7 Å². The molecule has 0 aromatic heterocycles. The molecule has 6 nitrogen and oxygen atoms in total. The minimum atomic E-state index is -0.850. The van der Waals surface area contributed by atoms with E-state index in [9.17, 15) is 15.0 Å². The lowest BCUT2D eigenvalue weighted by atomic mass is 9.82. The van der Waals surface area contributed by atoms with Crippen molar-refractivity contribution in [2.45, 2.75) is 24.7 Å². The van der Waals surface area contributed by atoms with Crippen LogP contribution in [0.15, 0.2) is 78.9 Å². The molecule has 2 N–H and O–H groups in total. The Bertz CT molecular complexity index is 1100. The number of carbonyl (C=O) groups is 1. The summed E-state index contributed by atoms with van der Waals surface area (Å²) in [7, 11) is 0. The molecule has 1 fully saturated rings. The second-order valence-electron chi connectivity index (χ2n) is 8.14. The monoisotopic (exact) mass is 431 g/mol. The van der Waals surface area contributed by atoms with Gasteiger partial charge >= 0.3 is 0 Å². The number of nitrogens with zero attached hydrogens (tertiary/aromatic N) is 1. The second-order valence-corrected chi connectivity index (χ2v) is 8.14. The molecule has 2 heterocycles. The summed E-state index contributed by atoms with van der Waals surface area (Å²) in [6.45, 7) is 0.357. The number of rotatable bonds is 6. The average molecular weight is 431 g/mol. The van der Waals surface area contributed by atoms with Gasteiger partial charge in [-0.3, -0.25) is 4.79 Å². The molecule has 1 amide bonds. The molecule has 2 aliphatic rings. The molecule has 5 rings (SSSR count). The van der Waals surface area contributed by atoms with Crippen LogP contribution in [0.5, 0.6) is 17.2 Å². The van der Waals surface area contributed by atoms with Crippen molar-refractivity contribution >= 4 is 5.91 Å². The summed E-state index contributed by atoms with van der Waals surface area (Å²) in [5.74, 6) is 1.27. The first-order chi connectivity index (χ1) is 15.7. The van der Waals surface area contributed by atoms with E-state index in [0.29, 0.717) is 30.0 Å². The van der Waals surface area contributed by atoms with Crippen LogP contribution in [0.4, 0.5) is 0 Å². The number of para-hydroxylation sites is 2. The third-order valence-corrected chi connectivity index (χ3v) is 6.17. The average Bonchev–Trinajstić information content (AvgIpc) is 3.10. The Morgan fingerprint density at radius 3 is 2.50 bits per heavy atom. The quantitative estimate of drug-likeness (QED) is 0.620. The van der Waals surface area contributed by atoms with Gasteiger partial charge in [-0.15, -0.1) is 0 Å². The van der Waals surface area contributed by atoms with Crippen molar-refractivity contribution in [3.8, 4) is 17.2 Å². The van der Waals surface area contributed by atoms with E-state index in [2.05, 4.69) is 0 Å². The molecular weight excluding hydrogens is 406 g/mol. The molecule has 0 saturated carbocycles. The summed E-state index contributed by atoms with van der Waals surface area (Å²) in [5.41, 5.74) is 1.55. The number of likely N-dealkylation sites (tertiary alicyclic amines) is 1. The number of carbonyl (C=O) groups excluding carboxylic acids is 1. The summed E-state index contributed by atoms with van der Waals surface area (Å²) in [6.07, 6.45) is -1.18. The Balaban J connectivity index is 1.53. The molecule has 4 atom stereocenters. The van der Waals surface area contributed by atoms with Gasteiger partial charge < -0.3 is 24.6 Å². The number of hydrogen-bond acceptors (Lipinski definition) is 5. The van der Waals surface area contributed by atoms with Gasteiger partial charge in [0.15, 0.2) is 6.10 Å². The molecule has 3 aromatic rings. The van der Waals surface area contributed by atoms with E-state index in [4.69, 9.17) is 9.47 Å². The third-order valence-electron chi connectivity index (χ3n) is 6.17. The first-order valence-corrected chi connectivity index (χ1v) is 10.9. The van der Waals surface area contributed by atoms with E-state index in [1.54, 1.807) is 11.0 Å². The predicted octanol–water partition coefficient (Wildman–Crippen LogP) is 3.86. The fourth-order valence-corrected chi connectivity index (χ4v) is 4.76. The molecule has 3 aromatic carbocycles. The molecule has 1 saturated heterocycles. The van der Waals surface area contributed by atoms with Crippen LogP contribution in [-0.4, -0.2) is 40.3 Å². The minimum Gasteiger partial charge on any atom is -0.480 e. The first kappa shape index (κ1) is 20.5. The molecular formula is C26H25NO5. The van der Waals surface area contributed by atoms with Crippen LogP contribution < -0.4 is 9.47 Å². The highest BCUT2D eigenvalue weighted by atomic mass is 16.5. The lowest BCUT2D eigenvalue weighted by Crippen LogP contribution is -2.38. The highest BCUT2D eigenvalue weighted by Crippen LogP contribution is 2.51. The molecule has 0 spiro atoms. The van der Waals surface area contributed by atoms with Crippen LogP contribution >= 0.6 is 0 Å². The lowest BCUT2D eigenvalue weighted by Gasteiger charge is -2.35. The predicted molar refractivity (Wildman–Crippen MR) is 118 cm³/mol. The Kier molecular flexibility index (Phi) is 5.55. The zero-order valence-corrected chi connectivity index (χ0v) is 17.5. The zero-order chi connectivity index (χ0) is 22.1. The number of hydrogen-bond donors (Lipinski definition) is 2. The largest absolute Gasteiger partial charge is 0.480 e. The Hall–Kier alpha value is -3.35. The van der Waals surface area contributed by atoms with Crippen LogP contribution in [0.2, 0.25) is 0 Å². The number of amides is 1. The Morgan fingerprint density at radius 2 is 1.69 bits per heavy atom. The number of benzene rings is 3. The van der Waals surface area contributed by atoms with Gasteiger partial charge in [0.1, 0.15) is 17.2 Å². The number of aliphatic hydroxyl groups is 2. The molecule has 2 aliphatic heterocycles. The fraction of sp³-hybridized carbons (Fsp3) is 0.269. The highest BCUT2D eigenvalue weighted by molar-refractivity contribution is 5.85. The summed E-state index contributed by atoms with van der Waals surface area (Å²) < 4.78 is 12.1. The van der Waals surface area contributed by atoms with E-state index in [-0.39, 0.29) is 12.5 Å². The normalized spacial score (nSPS) is 23.9. The maximum atomic E-state index is 13.3. The van der Waals surface area contributed by atoms with Crippen molar-refractivity contribution in [3.63, 3.8) is 0 Å². The summed E-state index contributed by atoms with van der Waals surface area (Å²) in [5, 5.41) is 20.7. The van der Waals surface area contributed by atoms with Crippen molar-refractivity contribution in [2.24, 2.45) is 5.92 Å². The van der Waals surface area contributed by atoms with Crippen LogP contribution in [0.25, 0.3) is 0 Å².